The molecule has 0 fully saturated rings. The Balaban J connectivity index is 2.39. The molecule has 0 amide bonds. The molecule has 11 heavy (non-hydrogen) atoms. The highest BCUT2D eigenvalue weighted by Gasteiger charge is 1.91. The van der Waals surface area contributed by atoms with E-state index in [0.717, 1.165) is 5.75 Å². The SMILES string of the molecule is CN(C)COc1cccnc1. The molecule has 3 heteroatoms. The lowest BCUT2D eigenvalue weighted by atomic mass is 10.5. The Hall–Kier alpha value is -1.09. The summed E-state index contributed by atoms with van der Waals surface area (Å²) in [6.45, 7) is 0.589. The van der Waals surface area contributed by atoms with Crippen LogP contribution in [0.3, 0.4) is 0 Å². The van der Waals surface area contributed by atoms with Crippen molar-refractivity contribution in [1.82, 2.24) is 9.88 Å². The van der Waals surface area contributed by atoms with Crippen LogP contribution in [0.1, 0.15) is 0 Å². The Bertz CT molecular complexity index is 199. The third-order valence-corrected chi connectivity index (χ3v) is 1.12. The second-order valence-corrected chi connectivity index (χ2v) is 2.54. The molecular formula is C8H12N2O. The van der Waals surface area contributed by atoms with Crippen molar-refractivity contribution in [2.45, 2.75) is 0 Å². The van der Waals surface area contributed by atoms with Crippen molar-refractivity contribution >= 4 is 0 Å². The largest absolute Gasteiger partial charge is 0.477 e. The van der Waals surface area contributed by atoms with Crippen LogP contribution in [0.25, 0.3) is 0 Å². The molecular weight excluding hydrogens is 140 g/mol. The second-order valence-electron chi connectivity index (χ2n) is 2.54. The van der Waals surface area contributed by atoms with Crippen molar-refractivity contribution in [3.05, 3.63) is 24.5 Å². The van der Waals surface area contributed by atoms with Gasteiger partial charge in [0.15, 0.2) is 0 Å². The van der Waals surface area contributed by atoms with Gasteiger partial charge in [0.2, 0.25) is 0 Å². The Morgan fingerprint density at radius 1 is 1.55 bits per heavy atom. The van der Waals surface area contributed by atoms with E-state index in [2.05, 4.69) is 4.98 Å². The van der Waals surface area contributed by atoms with Gasteiger partial charge in [-0.25, -0.2) is 0 Å². The lowest BCUT2D eigenvalue weighted by molar-refractivity contribution is 0.179. The number of hydrogen-bond acceptors (Lipinski definition) is 3. The summed E-state index contributed by atoms with van der Waals surface area (Å²) in [7, 11) is 3.91. The van der Waals surface area contributed by atoms with Crippen LogP contribution in [0.2, 0.25) is 0 Å². The first kappa shape index (κ1) is 8.01. The first-order chi connectivity index (χ1) is 5.29. The van der Waals surface area contributed by atoms with Gasteiger partial charge in [-0.2, -0.15) is 0 Å². The van der Waals surface area contributed by atoms with Gasteiger partial charge >= 0.3 is 0 Å². The standard InChI is InChI=1S/C8H12N2O/c1-10(2)7-11-8-4-3-5-9-6-8/h3-6H,7H2,1-2H3. The summed E-state index contributed by atoms with van der Waals surface area (Å²) in [5.41, 5.74) is 0. The molecule has 1 aromatic heterocycles. The van der Waals surface area contributed by atoms with E-state index in [9.17, 15) is 0 Å². The lowest BCUT2D eigenvalue weighted by Gasteiger charge is -2.10. The molecule has 1 rings (SSSR count). The van der Waals surface area contributed by atoms with E-state index in [1.54, 1.807) is 12.4 Å². The van der Waals surface area contributed by atoms with Gasteiger partial charge in [-0.1, -0.05) is 0 Å². The van der Waals surface area contributed by atoms with E-state index < -0.39 is 0 Å². The van der Waals surface area contributed by atoms with Gasteiger partial charge < -0.3 is 4.74 Å². The van der Waals surface area contributed by atoms with E-state index in [-0.39, 0.29) is 0 Å². The van der Waals surface area contributed by atoms with E-state index >= 15 is 0 Å². The first-order valence-corrected chi connectivity index (χ1v) is 3.46. The van der Waals surface area contributed by atoms with Crippen LogP contribution >= 0.6 is 0 Å². The molecule has 1 heterocycles. The molecule has 3 nitrogen and oxygen atoms in total. The zero-order valence-corrected chi connectivity index (χ0v) is 6.82. The fourth-order valence-corrected chi connectivity index (χ4v) is 0.636. The number of pyridine rings is 1. The highest BCUT2D eigenvalue weighted by molar-refractivity contribution is 5.15. The predicted octanol–water partition coefficient (Wildman–Crippen LogP) is 0.979. The van der Waals surface area contributed by atoms with Crippen molar-refractivity contribution < 1.29 is 4.74 Å². The normalized spacial score (nSPS) is 10.1. The molecule has 1 aromatic rings. The van der Waals surface area contributed by atoms with E-state index in [1.165, 1.54) is 0 Å². The van der Waals surface area contributed by atoms with Crippen LogP contribution in [-0.2, 0) is 0 Å². The average Bonchev–Trinajstić information content (AvgIpc) is 2.03. The molecule has 0 unspecified atom stereocenters. The maximum absolute atomic E-state index is 5.33. The van der Waals surface area contributed by atoms with Gasteiger partial charge in [0, 0.05) is 6.20 Å². The molecule has 0 radical (unpaired) electrons. The van der Waals surface area contributed by atoms with Crippen LogP contribution in [0, 0.1) is 0 Å². The van der Waals surface area contributed by atoms with Gasteiger partial charge in [0.05, 0.1) is 6.20 Å². The predicted molar refractivity (Wildman–Crippen MR) is 43.4 cm³/mol. The first-order valence-electron chi connectivity index (χ1n) is 3.46. The summed E-state index contributed by atoms with van der Waals surface area (Å²) in [5.74, 6) is 0.807. The van der Waals surface area contributed by atoms with Crippen molar-refractivity contribution in [3.8, 4) is 5.75 Å². The van der Waals surface area contributed by atoms with E-state index in [4.69, 9.17) is 4.74 Å². The molecule has 0 aliphatic carbocycles. The summed E-state index contributed by atoms with van der Waals surface area (Å²) in [6.07, 6.45) is 3.42. The minimum absolute atomic E-state index is 0.589. The molecule has 0 N–H and O–H groups in total. The van der Waals surface area contributed by atoms with Crippen LogP contribution in [0.4, 0.5) is 0 Å². The number of nitrogens with zero attached hydrogens (tertiary/aromatic N) is 2. The summed E-state index contributed by atoms with van der Waals surface area (Å²) in [6, 6.07) is 3.74. The summed E-state index contributed by atoms with van der Waals surface area (Å²) >= 11 is 0. The van der Waals surface area contributed by atoms with Crippen molar-refractivity contribution in [2.24, 2.45) is 0 Å². The Morgan fingerprint density at radius 3 is 2.91 bits per heavy atom. The van der Waals surface area contributed by atoms with Gasteiger partial charge in [-0.3, -0.25) is 9.88 Å². The highest BCUT2D eigenvalue weighted by Crippen LogP contribution is 2.05. The van der Waals surface area contributed by atoms with Gasteiger partial charge in [-0.15, -0.1) is 0 Å². The molecule has 0 bridgehead atoms. The lowest BCUT2D eigenvalue weighted by Crippen LogP contribution is -2.18. The second kappa shape index (κ2) is 3.93. The van der Waals surface area contributed by atoms with Crippen molar-refractivity contribution in [2.75, 3.05) is 20.8 Å². The van der Waals surface area contributed by atoms with Crippen molar-refractivity contribution in [3.63, 3.8) is 0 Å². The van der Waals surface area contributed by atoms with Crippen LogP contribution < -0.4 is 4.74 Å². The Labute approximate surface area is 66.6 Å². The highest BCUT2D eigenvalue weighted by atomic mass is 16.5. The molecule has 0 aromatic carbocycles. The maximum atomic E-state index is 5.33. The fraction of sp³-hybridized carbons (Fsp3) is 0.375. The molecule has 0 atom stereocenters. The van der Waals surface area contributed by atoms with Crippen LogP contribution in [-0.4, -0.2) is 30.7 Å². The Kier molecular flexibility index (Phi) is 2.86. The fourth-order valence-electron chi connectivity index (χ4n) is 0.636. The minimum Gasteiger partial charge on any atom is -0.477 e. The molecule has 0 aliphatic heterocycles. The molecule has 60 valence electrons. The number of rotatable bonds is 3. The maximum Gasteiger partial charge on any atom is 0.141 e. The Morgan fingerprint density at radius 2 is 2.36 bits per heavy atom. The minimum atomic E-state index is 0.589. The van der Waals surface area contributed by atoms with Crippen LogP contribution in [0.5, 0.6) is 5.75 Å². The molecule has 0 saturated heterocycles. The quantitative estimate of drug-likeness (QED) is 0.604. The summed E-state index contributed by atoms with van der Waals surface area (Å²) in [4.78, 5) is 5.87. The zero-order chi connectivity index (χ0) is 8.10. The zero-order valence-electron chi connectivity index (χ0n) is 6.82. The average molecular weight is 152 g/mol. The summed E-state index contributed by atoms with van der Waals surface area (Å²) in [5, 5.41) is 0. The monoisotopic (exact) mass is 152 g/mol. The number of ether oxygens (including phenoxy) is 1. The summed E-state index contributed by atoms with van der Waals surface area (Å²) < 4.78 is 5.33. The van der Waals surface area contributed by atoms with Crippen molar-refractivity contribution in [1.29, 1.82) is 0 Å². The van der Waals surface area contributed by atoms with Gasteiger partial charge in [0.25, 0.3) is 0 Å². The third kappa shape index (κ3) is 3.00. The number of aromatic nitrogens is 1. The topological polar surface area (TPSA) is 25.4 Å². The van der Waals surface area contributed by atoms with Gasteiger partial charge in [0.1, 0.15) is 12.5 Å². The van der Waals surface area contributed by atoms with Crippen LogP contribution in [0.15, 0.2) is 24.5 Å². The number of hydrogen-bond donors (Lipinski definition) is 0. The molecule has 0 spiro atoms. The molecule has 0 aliphatic rings. The van der Waals surface area contributed by atoms with E-state index in [0.29, 0.717) is 6.73 Å². The van der Waals surface area contributed by atoms with E-state index in [1.807, 2.05) is 31.1 Å². The van der Waals surface area contributed by atoms with Gasteiger partial charge in [-0.05, 0) is 26.2 Å². The molecule has 0 saturated carbocycles. The smallest absolute Gasteiger partial charge is 0.141 e. The third-order valence-electron chi connectivity index (χ3n) is 1.12.